The van der Waals surface area contributed by atoms with Crippen molar-refractivity contribution in [3.63, 3.8) is 0 Å². The van der Waals surface area contributed by atoms with Crippen LogP contribution >= 0.6 is 0 Å². The van der Waals surface area contributed by atoms with E-state index in [0.717, 1.165) is 23.3 Å². The number of nitrogens with zero attached hydrogens (tertiary/aromatic N) is 2. The van der Waals surface area contributed by atoms with Crippen LogP contribution in [0.4, 0.5) is 30.6 Å². The molecule has 26 heavy (non-hydrogen) atoms. The Bertz CT molecular complexity index is 894. The third kappa shape index (κ3) is 4.50. The molecule has 0 amide bonds. The molecule has 0 saturated carbocycles. The second kappa shape index (κ2) is 7.43. The molecule has 2 aromatic carbocycles. The molecule has 134 valence electrons. The van der Waals surface area contributed by atoms with Gasteiger partial charge in [-0.15, -0.1) is 0 Å². The van der Waals surface area contributed by atoms with Crippen molar-refractivity contribution in [1.29, 1.82) is 0 Å². The van der Waals surface area contributed by atoms with Crippen molar-refractivity contribution in [2.75, 3.05) is 10.6 Å². The van der Waals surface area contributed by atoms with Crippen LogP contribution in [-0.4, -0.2) is 9.97 Å². The fourth-order valence-corrected chi connectivity index (χ4v) is 2.41. The summed E-state index contributed by atoms with van der Waals surface area (Å²) in [5, 5.41) is 6.00. The van der Waals surface area contributed by atoms with Crippen LogP contribution in [-0.2, 0) is 12.7 Å². The van der Waals surface area contributed by atoms with E-state index < -0.39 is 11.7 Å². The summed E-state index contributed by atoms with van der Waals surface area (Å²) < 4.78 is 38.4. The van der Waals surface area contributed by atoms with Gasteiger partial charge in [0.2, 0.25) is 5.95 Å². The number of nitrogens with one attached hydrogen (secondary N) is 2. The number of hydrogen-bond donors (Lipinski definition) is 2. The van der Waals surface area contributed by atoms with Gasteiger partial charge in [0.25, 0.3) is 0 Å². The van der Waals surface area contributed by atoms with Gasteiger partial charge < -0.3 is 10.6 Å². The van der Waals surface area contributed by atoms with Gasteiger partial charge in [0.15, 0.2) is 0 Å². The lowest BCUT2D eigenvalue weighted by molar-refractivity contribution is -0.137. The zero-order chi connectivity index (χ0) is 18.6. The van der Waals surface area contributed by atoms with Crippen LogP contribution in [0.5, 0.6) is 0 Å². The monoisotopic (exact) mass is 358 g/mol. The molecular weight excluding hydrogens is 341 g/mol. The molecule has 0 aliphatic rings. The van der Waals surface area contributed by atoms with Crippen molar-refractivity contribution < 1.29 is 13.2 Å². The highest BCUT2D eigenvalue weighted by atomic mass is 19.4. The minimum absolute atomic E-state index is 0.221. The van der Waals surface area contributed by atoms with Gasteiger partial charge in [0, 0.05) is 18.4 Å². The summed E-state index contributed by atoms with van der Waals surface area (Å²) in [6.07, 6.45) is -2.85. The SMILES string of the molecule is Cc1ccccc1CNc1ccnc(Nc2cccc(C(F)(F)F)c2)n1. The van der Waals surface area contributed by atoms with Crippen molar-refractivity contribution in [3.05, 3.63) is 77.5 Å². The van der Waals surface area contributed by atoms with Crippen molar-refractivity contribution in [2.24, 2.45) is 0 Å². The Kier molecular flexibility index (Phi) is 5.06. The molecular formula is C19H17F3N4. The first-order valence-electron chi connectivity index (χ1n) is 7.97. The molecule has 3 rings (SSSR count). The lowest BCUT2D eigenvalue weighted by Crippen LogP contribution is -2.07. The van der Waals surface area contributed by atoms with E-state index in [9.17, 15) is 13.2 Å². The van der Waals surface area contributed by atoms with Crippen molar-refractivity contribution in [2.45, 2.75) is 19.6 Å². The predicted molar refractivity (Wildman–Crippen MR) is 95.3 cm³/mol. The molecule has 0 spiro atoms. The molecule has 0 aliphatic heterocycles. The van der Waals surface area contributed by atoms with E-state index in [4.69, 9.17) is 0 Å². The molecule has 0 saturated heterocycles. The first kappa shape index (κ1) is 17.7. The zero-order valence-electron chi connectivity index (χ0n) is 14.0. The fourth-order valence-electron chi connectivity index (χ4n) is 2.41. The van der Waals surface area contributed by atoms with E-state index >= 15 is 0 Å². The van der Waals surface area contributed by atoms with E-state index in [2.05, 4.69) is 20.6 Å². The topological polar surface area (TPSA) is 49.8 Å². The molecule has 7 heteroatoms. The fraction of sp³-hybridized carbons (Fsp3) is 0.158. The Morgan fingerprint density at radius 3 is 2.58 bits per heavy atom. The van der Waals surface area contributed by atoms with Gasteiger partial charge in [0.05, 0.1) is 5.56 Å². The smallest absolute Gasteiger partial charge is 0.366 e. The number of halogens is 3. The van der Waals surface area contributed by atoms with Crippen LogP contribution in [0.2, 0.25) is 0 Å². The van der Waals surface area contributed by atoms with Gasteiger partial charge in [-0.2, -0.15) is 18.2 Å². The first-order valence-corrected chi connectivity index (χ1v) is 7.97. The van der Waals surface area contributed by atoms with Gasteiger partial charge in [-0.1, -0.05) is 30.3 Å². The van der Waals surface area contributed by atoms with Crippen LogP contribution in [0.15, 0.2) is 60.8 Å². The predicted octanol–water partition coefficient (Wildman–Crippen LogP) is 5.16. The lowest BCUT2D eigenvalue weighted by Gasteiger charge is -2.11. The molecule has 1 heterocycles. The van der Waals surface area contributed by atoms with Crippen LogP contribution < -0.4 is 10.6 Å². The highest BCUT2D eigenvalue weighted by Gasteiger charge is 2.30. The highest BCUT2D eigenvalue weighted by Crippen LogP contribution is 2.31. The van der Waals surface area contributed by atoms with Gasteiger partial charge in [-0.05, 0) is 42.3 Å². The summed E-state index contributed by atoms with van der Waals surface area (Å²) in [6.45, 7) is 2.62. The average Bonchev–Trinajstić information content (AvgIpc) is 2.61. The van der Waals surface area contributed by atoms with E-state index in [0.29, 0.717) is 12.4 Å². The number of aryl methyl sites for hydroxylation is 1. The number of aromatic nitrogens is 2. The first-order chi connectivity index (χ1) is 12.4. The largest absolute Gasteiger partial charge is 0.416 e. The van der Waals surface area contributed by atoms with Gasteiger partial charge in [-0.25, -0.2) is 4.98 Å². The quantitative estimate of drug-likeness (QED) is 0.661. The van der Waals surface area contributed by atoms with Crippen molar-refractivity contribution in [1.82, 2.24) is 9.97 Å². The van der Waals surface area contributed by atoms with Gasteiger partial charge in [-0.3, -0.25) is 0 Å². The normalized spacial score (nSPS) is 11.2. The maximum Gasteiger partial charge on any atom is 0.416 e. The van der Waals surface area contributed by atoms with Crippen molar-refractivity contribution >= 4 is 17.5 Å². The highest BCUT2D eigenvalue weighted by molar-refractivity contribution is 5.56. The summed E-state index contributed by atoms with van der Waals surface area (Å²) in [4.78, 5) is 8.35. The summed E-state index contributed by atoms with van der Waals surface area (Å²) in [6, 6.07) is 14.6. The molecule has 0 bridgehead atoms. The lowest BCUT2D eigenvalue weighted by atomic mass is 10.1. The molecule has 1 aromatic heterocycles. The second-order valence-electron chi connectivity index (χ2n) is 5.75. The van der Waals surface area contributed by atoms with Gasteiger partial charge in [0.1, 0.15) is 5.82 Å². The maximum absolute atomic E-state index is 12.8. The number of benzene rings is 2. The number of hydrogen-bond acceptors (Lipinski definition) is 4. The Hall–Kier alpha value is -3.09. The second-order valence-corrected chi connectivity index (χ2v) is 5.75. The molecule has 0 atom stereocenters. The van der Waals surface area contributed by atoms with E-state index in [1.54, 1.807) is 12.3 Å². The molecule has 0 unspecified atom stereocenters. The van der Waals surface area contributed by atoms with Crippen LogP contribution in [0.1, 0.15) is 16.7 Å². The van der Waals surface area contributed by atoms with Crippen molar-refractivity contribution in [3.8, 4) is 0 Å². The summed E-state index contributed by atoms with van der Waals surface area (Å²) in [5.74, 6) is 0.803. The number of alkyl halides is 3. The summed E-state index contributed by atoms with van der Waals surface area (Å²) >= 11 is 0. The third-order valence-electron chi connectivity index (χ3n) is 3.82. The third-order valence-corrected chi connectivity index (χ3v) is 3.82. The van der Waals surface area contributed by atoms with Gasteiger partial charge >= 0.3 is 6.18 Å². The zero-order valence-corrected chi connectivity index (χ0v) is 14.0. The van der Waals surface area contributed by atoms with Crippen LogP contribution in [0.3, 0.4) is 0 Å². The van der Waals surface area contributed by atoms with Crippen LogP contribution in [0.25, 0.3) is 0 Å². The standard InChI is InChI=1S/C19H17F3N4/c1-13-5-2-3-6-14(13)12-24-17-9-10-23-18(26-17)25-16-8-4-7-15(11-16)19(20,21)22/h2-11H,12H2,1H3,(H2,23,24,25,26). The molecule has 0 fully saturated rings. The Morgan fingerprint density at radius 1 is 1.00 bits per heavy atom. The Labute approximate surface area is 149 Å². The molecule has 0 aliphatic carbocycles. The summed E-state index contributed by atoms with van der Waals surface area (Å²) in [7, 11) is 0. The Morgan fingerprint density at radius 2 is 1.81 bits per heavy atom. The van der Waals surface area contributed by atoms with Crippen LogP contribution in [0, 0.1) is 6.92 Å². The average molecular weight is 358 g/mol. The van der Waals surface area contributed by atoms with E-state index in [1.165, 1.54) is 12.1 Å². The Balaban J connectivity index is 1.71. The minimum Gasteiger partial charge on any atom is -0.366 e. The number of rotatable bonds is 5. The molecule has 3 aromatic rings. The number of anilines is 3. The van der Waals surface area contributed by atoms with E-state index in [-0.39, 0.29) is 11.6 Å². The molecule has 0 radical (unpaired) electrons. The molecule has 2 N–H and O–H groups in total. The van der Waals surface area contributed by atoms with E-state index in [1.807, 2.05) is 31.2 Å². The summed E-state index contributed by atoms with van der Waals surface area (Å²) in [5.41, 5.74) is 1.85. The molecule has 4 nitrogen and oxygen atoms in total. The minimum atomic E-state index is -4.39. The maximum atomic E-state index is 12.8.